The Morgan fingerprint density at radius 1 is 1.60 bits per heavy atom. The molecule has 1 aromatic carbocycles. The maximum Gasteiger partial charge on any atom is 0.209 e. The average molecular weight is 225 g/mol. The van der Waals surface area contributed by atoms with Gasteiger partial charge in [-0.1, -0.05) is 11.6 Å². The van der Waals surface area contributed by atoms with Gasteiger partial charge in [-0.3, -0.25) is 4.79 Å². The van der Waals surface area contributed by atoms with Gasteiger partial charge < -0.3 is 10.2 Å². The summed E-state index contributed by atoms with van der Waals surface area (Å²) in [4.78, 5) is 15.3. The Bertz CT molecular complexity index is 533. The van der Waals surface area contributed by atoms with E-state index in [-0.39, 0.29) is 12.3 Å². The van der Waals surface area contributed by atoms with Gasteiger partial charge in [-0.25, -0.2) is 4.98 Å². The van der Waals surface area contributed by atoms with Crippen LogP contribution in [0.3, 0.4) is 0 Å². The molecule has 0 aliphatic carbocycles. The van der Waals surface area contributed by atoms with Crippen molar-refractivity contribution in [3.05, 3.63) is 28.6 Å². The lowest BCUT2D eigenvalue weighted by molar-refractivity contribution is 0.101. The molecule has 0 aliphatic heterocycles. The zero-order valence-electron chi connectivity index (χ0n) is 8.08. The van der Waals surface area contributed by atoms with Gasteiger partial charge in [0.2, 0.25) is 5.89 Å². The first-order valence-corrected chi connectivity index (χ1v) is 4.79. The predicted octanol–water partition coefficient (Wildman–Crippen LogP) is 2.14. The number of benzene rings is 1. The lowest BCUT2D eigenvalue weighted by Crippen LogP contribution is -1.95. The summed E-state index contributed by atoms with van der Waals surface area (Å²) in [5.74, 6) is 0.351. The fourth-order valence-electron chi connectivity index (χ4n) is 1.33. The van der Waals surface area contributed by atoms with Gasteiger partial charge in [0.25, 0.3) is 0 Å². The molecule has 2 rings (SSSR count). The molecule has 0 amide bonds. The third-order valence-electron chi connectivity index (χ3n) is 2.07. The summed E-state index contributed by atoms with van der Waals surface area (Å²) in [7, 11) is 0. The molecule has 15 heavy (non-hydrogen) atoms. The molecule has 2 N–H and O–H groups in total. The molecule has 0 saturated heterocycles. The Morgan fingerprint density at radius 2 is 2.33 bits per heavy atom. The highest BCUT2D eigenvalue weighted by molar-refractivity contribution is 6.35. The number of Topliss-reactive ketones (excluding diaryl/α,β-unsaturated/α-hetero) is 1. The number of oxazole rings is 1. The minimum Gasteiger partial charge on any atom is -0.438 e. The summed E-state index contributed by atoms with van der Waals surface area (Å²) in [5, 5.41) is 0.380. The van der Waals surface area contributed by atoms with Gasteiger partial charge in [-0.2, -0.15) is 0 Å². The Balaban J connectivity index is 2.70. The number of rotatable bonds is 2. The third-order valence-corrected chi connectivity index (χ3v) is 2.35. The van der Waals surface area contributed by atoms with Crippen LogP contribution < -0.4 is 5.73 Å². The monoisotopic (exact) mass is 224 g/mol. The van der Waals surface area contributed by atoms with E-state index in [1.54, 1.807) is 12.1 Å². The molecule has 0 atom stereocenters. The molecule has 1 heterocycles. The van der Waals surface area contributed by atoms with Gasteiger partial charge in [-0.15, -0.1) is 0 Å². The number of nitrogens with two attached hydrogens (primary N) is 1. The van der Waals surface area contributed by atoms with Crippen molar-refractivity contribution in [2.75, 3.05) is 0 Å². The first-order chi connectivity index (χ1) is 7.11. The maximum atomic E-state index is 11.2. The van der Waals surface area contributed by atoms with E-state index in [0.29, 0.717) is 27.6 Å². The van der Waals surface area contributed by atoms with E-state index in [4.69, 9.17) is 21.8 Å². The molecular weight excluding hydrogens is 216 g/mol. The molecule has 0 spiro atoms. The molecule has 1 aromatic heterocycles. The lowest BCUT2D eigenvalue weighted by atomic mass is 10.1. The van der Waals surface area contributed by atoms with Crippen molar-refractivity contribution in [2.45, 2.75) is 13.5 Å². The molecule has 2 aromatic rings. The topological polar surface area (TPSA) is 69.1 Å². The molecule has 0 unspecified atom stereocenters. The summed E-state index contributed by atoms with van der Waals surface area (Å²) < 4.78 is 5.30. The Labute approximate surface area is 91.0 Å². The van der Waals surface area contributed by atoms with Crippen molar-refractivity contribution in [2.24, 2.45) is 5.73 Å². The highest BCUT2D eigenvalue weighted by Gasteiger charge is 2.11. The van der Waals surface area contributed by atoms with Gasteiger partial charge in [0, 0.05) is 5.56 Å². The summed E-state index contributed by atoms with van der Waals surface area (Å²) >= 11 is 5.95. The minimum absolute atomic E-state index is 0.0592. The Hall–Kier alpha value is -1.39. The van der Waals surface area contributed by atoms with Crippen LogP contribution in [-0.4, -0.2) is 10.8 Å². The van der Waals surface area contributed by atoms with E-state index in [1.165, 1.54) is 6.92 Å². The van der Waals surface area contributed by atoms with Crippen molar-refractivity contribution in [1.29, 1.82) is 0 Å². The second kappa shape index (κ2) is 3.64. The Morgan fingerprint density at radius 3 is 2.93 bits per heavy atom. The van der Waals surface area contributed by atoms with Crippen molar-refractivity contribution in [3.63, 3.8) is 0 Å². The SMILES string of the molecule is CC(=O)c1cc(Cl)c2oc(CN)nc2c1. The van der Waals surface area contributed by atoms with E-state index in [0.717, 1.165) is 0 Å². The zero-order chi connectivity index (χ0) is 11.0. The van der Waals surface area contributed by atoms with Crippen LogP contribution in [0.25, 0.3) is 11.1 Å². The maximum absolute atomic E-state index is 11.2. The molecule has 5 heteroatoms. The van der Waals surface area contributed by atoms with Crippen LogP contribution in [0.4, 0.5) is 0 Å². The van der Waals surface area contributed by atoms with Gasteiger partial charge >= 0.3 is 0 Å². The zero-order valence-corrected chi connectivity index (χ0v) is 8.84. The van der Waals surface area contributed by atoms with Crippen LogP contribution in [0.2, 0.25) is 5.02 Å². The predicted molar refractivity (Wildman–Crippen MR) is 56.9 cm³/mol. The lowest BCUT2D eigenvalue weighted by Gasteiger charge is -1.96. The van der Waals surface area contributed by atoms with Crippen LogP contribution in [-0.2, 0) is 6.54 Å². The summed E-state index contributed by atoms with van der Waals surface area (Å²) in [6, 6.07) is 3.21. The number of carbonyl (C=O) groups is 1. The normalized spacial score (nSPS) is 10.9. The average Bonchev–Trinajstić information content (AvgIpc) is 2.61. The smallest absolute Gasteiger partial charge is 0.209 e. The van der Waals surface area contributed by atoms with Crippen molar-refractivity contribution in [1.82, 2.24) is 4.98 Å². The quantitative estimate of drug-likeness (QED) is 0.794. The largest absolute Gasteiger partial charge is 0.438 e. The first kappa shape index (κ1) is 10.1. The van der Waals surface area contributed by atoms with Gasteiger partial charge in [-0.05, 0) is 19.1 Å². The van der Waals surface area contributed by atoms with Crippen molar-refractivity contribution in [3.8, 4) is 0 Å². The van der Waals surface area contributed by atoms with Crippen LogP contribution in [0, 0.1) is 0 Å². The molecule has 78 valence electrons. The van der Waals surface area contributed by atoms with Crippen LogP contribution >= 0.6 is 11.6 Å². The fraction of sp³-hybridized carbons (Fsp3) is 0.200. The summed E-state index contributed by atoms with van der Waals surface area (Å²) in [6.45, 7) is 1.68. The second-order valence-electron chi connectivity index (χ2n) is 3.17. The molecule has 0 bridgehead atoms. The second-order valence-corrected chi connectivity index (χ2v) is 3.58. The van der Waals surface area contributed by atoms with Crippen LogP contribution in [0.1, 0.15) is 23.2 Å². The number of aromatic nitrogens is 1. The molecular formula is C10H9ClN2O2. The number of halogens is 1. The van der Waals surface area contributed by atoms with E-state index < -0.39 is 0 Å². The number of ketones is 1. The van der Waals surface area contributed by atoms with E-state index in [2.05, 4.69) is 4.98 Å². The molecule has 0 aliphatic rings. The number of carbonyl (C=O) groups excluding carboxylic acids is 1. The number of hydrogen-bond donors (Lipinski definition) is 1. The minimum atomic E-state index is -0.0592. The van der Waals surface area contributed by atoms with Gasteiger partial charge in [0.15, 0.2) is 11.4 Å². The number of nitrogens with zero attached hydrogens (tertiary/aromatic N) is 1. The highest BCUT2D eigenvalue weighted by Crippen LogP contribution is 2.26. The van der Waals surface area contributed by atoms with Crippen LogP contribution in [0.15, 0.2) is 16.5 Å². The molecule has 0 fully saturated rings. The molecule has 0 radical (unpaired) electrons. The summed E-state index contributed by atoms with van der Waals surface area (Å²) in [5.41, 5.74) is 6.95. The summed E-state index contributed by atoms with van der Waals surface area (Å²) in [6.07, 6.45) is 0. The van der Waals surface area contributed by atoms with E-state index >= 15 is 0 Å². The standard InChI is InChI=1S/C10H9ClN2O2/c1-5(14)6-2-7(11)10-8(3-6)13-9(4-12)15-10/h2-3H,4,12H2,1H3. The highest BCUT2D eigenvalue weighted by atomic mass is 35.5. The number of fused-ring (bicyclic) bond motifs is 1. The van der Waals surface area contributed by atoms with Crippen LogP contribution in [0.5, 0.6) is 0 Å². The Kier molecular flexibility index (Phi) is 2.46. The fourth-order valence-corrected chi connectivity index (χ4v) is 1.58. The third kappa shape index (κ3) is 1.73. The van der Waals surface area contributed by atoms with Gasteiger partial charge in [0.1, 0.15) is 5.52 Å². The number of hydrogen-bond acceptors (Lipinski definition) is 4. The molecule has 0 saturated carbocycles. The van der Waals surface area contributed by atoms with E-state index in [9.17, 15) is 4.79 Å². The van der Waals surface area contributed by atoms with Gasteiger partial charge in [0.05, 0.1) is 11.6 Å². The van der Waals surface area contributed by atoms with E-state index in [1.807, 2.05) is 0 Å². The van der Waals surface area contributed by atoms with Crippen molar-refractivity contribution >= 4 is 28.5 Å². The van der Waals surface area contributed by atoms with Crippen molar-refractivity contribution < 1.29 is 9.21 Å². The first-order valence-electron chi connectivity index (χ1n) is 4.42. The molecule has 4 nitrogen and oxygen atoms in total.